The van der Waals surface area contributed by atoms with Crippen molar-refractivity contribution in [2.45, 2.75) is 52.1 Å². The lowest BCUT2D eigenvalue weighted by Gasteiger charge is -2.14. The van der Waals surface area contributed by atoms with Gasteiger partial charge in [-0.25, -0.2) is 0 Å². The summed E-state index contributed by atoms with van der Waals surface area (Å²) in [5, 5.41) is 18.8. The van der Waals surface area contributed by atoms with E-state index in [2.05, 4.69) is 24.0 Å². The van der Waals surface area contributed by atoms with Crippen LogP contribution in [0.25, 0.3) is 0 Å². The van der Waals surface area contributed by atoms with Crippen molar-refractivity contribution in [3.8, 4) is 0 Å². The summed E-state index contributed by atoms with van der Waals surface area (Å²) < 4.78 is 0. The van der Waals surface area contributed by atoms with Gasteiger partial charge in [-0.05, 0) is 38.2 Å². The molecule has 0 aliphatic heterocycles. The summed E-state index contributed by atoms with van der Waals surface area (Å²) in [5.41, 5.74) is 2.25. The van der Waals surface area contributed by atoms with E-state index < -0.39 is 5.60 Å². The first-order chi connectivity index (χ1) is 7.61. The van der Waals surface area contributed by atoms with Gasteiger partial charge in [-0.2, -0.15) is 10.2 Å². The van der Waals surface area contributed by atoms with Crippen molar-refractivity contribution < 1.29 is 5.11 Å². The fourth-order valence-corrected chi connectivity index (χ4v) is 2.49. The fourth-order valence-electron chi connectivity index (χ4n) is 2.49. The van der Waals surface area contributed by atoms with Gasteiger partial charge in [0.15, 0.2) is 0 Å². The maximum absolute atomic E-state index is 10.6. The monoisotopic (exact) mass is 220 g/mol. The SMILES string of the molecule is CCCC1CC1(O)c1cc(C)nnc1CC. The summed E-state index contributed by atoms with van der Waals surface area (Å²) in [7, 11) is 0. The normalized spacial score (nSPS) is 28.1. The summed E-state index contributed by atoms with van der Waals surface area (Å²) in [4.78, 5) is 0. The van der Waals surface area contributed by atoms with E-state index in [1.54, 1.807) is 0 Å². The van der Waals surface area contributed by atoms with Crippen molar-refractivity contribution in [1.29, 1.82) is 0 Å². The first-order valence-corrected chi connectivity index (χ1v) is 6.17. The molecular formula is C13H20N2O. The third-order valence-electron chi connectivity index (χ3n) is 3.50. The number of hydrogen-bond acceptors (Lipinski definition) is 3. The molecule has 0 spiro atoms. The Bertz CT molecular complexity index is 392. The van der Waals surface area contributed by atoms with Gasteiger partial charge >= 0.3 is 0 Å². The molecule has 2 rings (SSSR count). The maximum atomic E-state index is 10.6. The van der Waals surface area contributed by atoms with Gasteiger partial charge in [0.1, 0.15) is 0 Å². The second-order valence-electron chi connectivity index (χ2n) is 4.81. The lowest BCUT2D eigenvalue weighted by Crippen LogP contribution is -2.14. The Morgan fingerprint density at radius 3 is 2.81 bits per heavy atom. The van der Waals surface area contributed by atoms with Gasteiger partial charge in [-0.15, -0.1) is 0 Å². The van der Waals surface area contributed by atoms with Crippen LogP contribution in [0.5, 0.6) is 0 Å². The largest absolute Gasteiger partial charge is 0.385 e. The van der Waals surface area contributed by atoms with E-state index in [0.29, 0.717) is 5.92 Å². The Morgan fingerprint density at radius 1 is 1.44 bits per heavy atom. The second-order valence-corrected chi connectivity index (χ2v) is 4.81. The molecule has 0 saturated heterocycles. The van der Waals surface area contributed by atoms with Crippen molar-refractivity contribution >= 4 is 0 Å². The third kappa shape index (κ3) is 1.84. The highest BCUT2D eigenvalue weighted by Crippen LogP contribution is 2.54. The lowest BCUT2D eigenvalue weighted by molar-refractivity contribution is 0.127. The number of aromatic nitrogens is 2. The molecule has 16 heavy (non-hydrogen) atoms. The van der Waals surface area contributed by atoms with E-state index in [1.165, 1.54) is 0 Å². The zero-order valence-electron chi connectivity index (χ0n) is 10.3. The van der Waals surface area contributed by atoms with Gasteiger partial charge in [0.2, 0.25) is 0 Å². The van der Waals surface area contributed by atoms with Crippen LogP contribution < -0.4 is 0 Å². The topological polar surface area (TPSA) is 46.0 Å². The third-order valence-corrected chi connectivity index (χ3v) is 3.50. The van der Waals surface area contributed by atoms with Crippen molar-refractivity contribution in [1.82, 2.24) is 10.2 Å². The Balaban J connectivity index is 2.30. The molecule has 2 atom stereocenters. The molecule has 3 nitrogen and oxygen atoms in total. The lowest BCUT2D eigenvalue weighted by atomic mass is 10.0. The molecule has 0 radical (unpaired) electrons. The van der Waals surface area contributed by atoms with Crippen LogP contribution in [-0.2, 0) is 12.0 Å². The van der Waals surface area contributed by atoms with Crippen LogP contribution >= 0.6 is 0 Å². The molecule has 1 fully saturated rings. The zero-order chi connectivity index (χ0) is 11.8. The van der Waals surface area contributed by atoms with Crippen LogP contribution in [0.1, 0.15) is 50.1 Å². The summed E-state index contributed by atoms with van der Waals surface area (Å²) in [5.74, 6) is 0.423. The van der Waals surface area contributed by atoms with E-state index in [9.17, 15) is 5.11 Å². The van der Waals surface area contributed by atoms with Crippen LogP contribution in [0.15, 0.2) is 6.07 Å². The molecular weight excluding hydrogens is 200 g/mol. The summed E-state index contributed by atoms with van der Waals surface area (Å²) in [6, 6.07) is 2.00. The predicted molar refractivity (Wildman–Crippen MR) is 63.1 cm³/mol. The minimum atomic E-state index is -0.609. The Labute approximate surface area is 96.9 Å². The van der Waals surface area contributed by atoms with Crippen LogP contribution in [0.3, 0.4) is 0 Å². The van der Waals surface area contributed by atoms with Crippen molar-refractivity contribution in [2.24, 2.45) is 5.92 Å². The van der Waals surface area contributed by atoms with Gasteiger partial charge in [0.25, 0.3) is 0 Å². The summed E-state index contributed by atoms with van der Waals surface area (Å²) in [6.45, 7) is 6.15. The number of aliphatic hydroxyl groups is 1. The smallest absolute Gasteiger partial charge is 0.0948 e. The number of nitrogens with zero attached hydrogens (tertiary/aromatic N) is 2. The van der Waals surface area contributed by atoms with E-state index in [-0.39, 0.29) is 0 Å². The molecule has 1 saturated carbocycles. The summed E-state index contributed by atoms with van der Waals surface area (Å²) in [6.07, 6.45) is 3.95. The average molecular weight is 220 g/mol. The summed E-state index contributed by atoms with van der Waals surface area (Å²) >= 11 is 0. The Kier molecular flexibility index (Phi) is 2.98. The van der Waals surface area contributed by atoms with Gasteiger partial charge in [0.05, 0.1) is 17.0 Å². The Morgan fingerprint density at radius 2 is 2.19 bits per heavy atom. The van der Waals surface area contributed by atoms with Crippen LogP contribution in [0, 0.1) is 12.8 Å². The van der Waals surface area contributed by atoms with Crippen molar-refractivity contribution in [3.63, 3.8) is 0 Å². The Hall–Kier alpha value is -0.960. The number of aryl methyl sites for hydroxylation is 2. The van der Waals surface area contributed by atoms with E-state index >= 15 is 0 Å². The van der Waals surface area contributed by atoms with Crippen molar-refractivity contribution in [3.05, 3.63) is 23.0 Å². The molecule has 0 bridgehead atoms. The minimum absolute atomic E-state index is 0.423. The molecule has 1 aromatic rings. The fraction of sp³-hybridized carbons (Fsp3) is 0.692. The molecule has 1 N–H and O–H groups in total. The van der Waals surface area contributed by atoms with Gasteiger partial charge in [-0.1, -0.05) is 20.3 Å². The number of rotatable bonds is 4. The zero-order valence-corrected chi connectivity index (χ0v) is 10.3. The van der Waals surface area contributed by atoms with Crippen LogP contribution in [0.2, 0.25) is 0 Å². The average Bonchev–Trinajstić information content (AvgIpc) is 2.91. The standard InChI is InChI=1S/C13H20N2O/c1-4-6-10-8-13(10,16)11-7-9(3)14-15-12(11)5-2/h7,10,16H,4-6,8H2,1-3H3. The molecule has 0 aromatic carbocycles. The van der Waals surface area contributed by atoms with E-state index in [4.69, 9.17) is 0 Å². The number of hydrogen-bond donors (Lipinski definition) is 1. The molecule has 1 aromatic heterocycles. The van der Waals surface area contributed by atoms with Gasteiger partial charge < -0.3 is 5.11 Å². The van der Waals surface area contributed by atoms with Crippen LogP contribution in [0.4, 0.5) is 0 Å². The first-order valence-electron chi connectivity index (χ1n) is 6.17. The molecule has 3 heteroatoms. The molecule has 0 amide bonds. The maximum Gasteiger partial charge on any atom is 0.0948 e. The highest BCUT2D eigenvalue weighted by molar-refractivity contribution is 5.33. The predicted octanol–water partition coefficient (Wildman–Crippen LogP) is 2.36. The molecule has 1 aliphatic rings. The van der Waals surface area contributed by atoms with Gasteiger partial charge in [0, 0.05) is 5.56 Å². The first kappa shape index (κ1) is 11.5. The van der Waals surface area contributed by atoms with Crippen LogP contribution in [-0.4, -0.2) is 15.3 Å². The van der Waals surface area contributed by atoms with E-state index in [0.717, 1.165) is 42.6 Å². The molecule has 1 aliphatic carbocycles. The quantitative estimate of drug-likeness (QED) is 0.847. The minimum Gasteiger partial charge on any atom is -0.385 e. The van der Waals surface area contributed by atoms with Crippen molar-refractivity contribution in [2.75, 3.05) is 0 Å². The highest BCUT2D eigenvalue weighted by Gasteiger charge is 2.54. The molecule has 2 unspecified atom stereocenters. The molecule has 1 heterocycles. The molecule has 88 valence electrons. The highest BCUT2D eigenvalue weighted by atomic mass is 16.3. The van der Waals surface area contributed by atoms with Gasteiger partial charge in [-0.3, -0.25) is 0 Å². The second kappa shape index (κ2) is 4.13. The van der Waals surface area contributed by atoms with E-state index in [1.807, 2.05) is 13.0 Å².